The van der Waals surface area contributed by atoms with Crippen molar-refractivity contribution in [3.8, 4) is 0 Å². The number of carbonyl (C=O) groups excluding carboxylic acids is 1. The summed E-state index contributed by atoms with van der Waals surface area (Å²) in [5, 5.41) is 3.87. The van der Waals surface area contributed by atoms with E-state index >= 15 is 0 Å². The molecule has 2 heterocycles. The minimum Gasteiger partial charge on any atom is -0.340 e. The van der Waals surface area contributed by atoms with Crippen LogP contribution in [0.3, 0.4) is 0 Å². The van der Waals surface area contributed by atoms with Gasteiger partial charge in [0.2, 0.25) is 0 Å². The van der Waals surface area contributed by atoms with E-state index in [1.54, 1.807) is 6.07 Å². The molecule has 2 N–H and O–H groups in total. The molecule has 2 rings (SSSR count). The standard InChI is InChI=1S/C11H15Cl2N3O/c1-2-3-16(7-5-14-6-7)11(17)9-4-8(12)10(13)15-9/h4,7,14-15H,2-3,5-6H2,1H3. The predicted octanol–water partition coefficient (Wildman–Crippen LogP) is 2.15. The SMILES string of the molecule is CCCN(C(=O)c1cc(Cl)c(Cl)[nH]1)C1CNC1. The highest BCUT2D eigenvalue weighted by atomic mass is 35.5. The highest BCUT2D eigenvalue weighted by Crippen LogP contribution is 2.23. The van der Waals surface area contributed by atoms with E-state index in [1.165, 1.54) is 0 Å². The maximum absolute atomic E-state index is 12.3. The molecule has 0 spiro atoms. The van der Waals surface area contributed by atoms with E-state index in [4.69, 9.17) is 23.2 Å². The zero-order chi connectivity index (χ0) is 12.4. The van der Waals surface area contributed by atoms with Gasteiger partial charge in [0, 0.05) is 19.6 Å². The Morgan fingerprint density at radius 3 is 2.65 bits per heavy atom. The van der Waals surface area contributed by atoms with Crippen molar-refractivity contribution in [2.75, 3.05) is 19.6 Å². The van der Waals surface area contributed by atoms with Crippen LogP contribution in [-0.2, 0) is 0 Å². The second-order valence-corrected chi connectivity index (χ2v) is 4.94. The second kappa shape index (κ2) is 5.29. The van der Waals surface area contributed by atoms with Crippen molar-refractivity contribution < 1.29 is 4.79 Å². The molecular formula is C11H15Cl2N3O. The minimum absolute atomic E-state index is 0.0350. The lowest BCUT2D eigenvalue weighted by Crippen LogP contribution is -2.59. The Bertz CT molecular complexity index is 395. The monoisotopic (exact) mass is 275 g/mol. The van der Waals surface area contributed by atoms with Crippen molar-refractivity contribution in [1.29, 1.82) is 0 Å². The number of hydrogen-bond donors (Lipinski definition) is 2. The van der Waals surface area contributed by atoms with Gasteiger partial charge in [0.25, 0.3) is 5.91 Å². The number of amides is 1. The van der Waals surface area contributed by atoms with Crippen LogP contribution in [0.5, 0.6) is 0 Å². The van der Waals surface area contributed by atoms with Gasteiger partial charge in [0.1, 0.15) is 10.8 Å². The Balaban J connectivity index is 2.14. The molecule has 1 aromatic heterocycles. The zero-order valence-corrected chi connectivity index (χ0v) is 11.1. The number of nitrogens with one attached hydrogen (secondary N) is 2. The van der Waals surface area contributed by atoms with Crippen LogP contribution in [0, 0.1) is 0 Å². The molecule has 1 aliphatic rings. The van der Waals surface area contributed by atoms with Gasteiger partial charge in [-0.2, -0.15) is 0 Å². The first-order valence-electron chi connectivity index (χ1n) is 5.69. The Labute approximate surface area is 110 Å². The Kier molecular flexibility index (Phi) is 3.97. The summed E-state index contributed by atoms with van der Waals surface area (Å²) in [4.78, 5) is 17.0. The molecule has 0 atom stereocenters. The van der Waals surface area contributed by atoms with Crippen molar-refractivity contribution in [2.45, 2.75) is 19.4 Å². The van der Waals surface area contributed by atoms with Gasteiger partial charge < -0.3 is 15.2 Å². The molecule has 0 aromatic carbocycles. The largest absolute Gasteiger partial charge is 0.340 e. The van der Waals surface area contributed by atoms with E-state index in [0.29, 0.717) is 15.9 Å². The molecule has 0 saturated carbocycles. The lowest BCUT2D eigenvalue weighted by Gasteiger charge is -2.38. The minimum atomic E-state index is -0.0350. The molecule has 0 aliphatic carbocycles. The van der Waals surface area contributed by atoms with Crippen LogP contribution in [0.15, 0.2) is 6.07 Å². The van der Waals surface area contributed by atoms with Gasteiger partial charge >= 0.3 is 0 Å². The second-order valence-electron chi connectivity index (χ2n) is 4.16. The molecule has 94 valence electrons. The number of carbonyl (C=O) groups is 1. The molecule has 0 unspecified atom stereocenters. The van der Waals surface area contributed by atoms with Gasteiger partial charge in [0.05, 0.1) is 11.1 Å². The number of hydrogen-bond acceptors (Lipinski definition) is 2. The van der Waals surface area contributed by atoms with Crippen LogP contribution in [0.2, 0.25) is 10.2 Å². The Morgan fingerprint density at radius 2 is 2.24 bits per heavy atom. The number of aromatic nitrogens is 1. The fraction of sp³-hybridized carbons (Fsp3) is 0.545. The van der Waals surface area contributed by atoms with Crippen LogP contribution in [0.4, 0.5) is 0 Å². The van der Waals surface area contributed by atoms with Gasteiger partial charge in [-0.15, -0.1) is 0 Å². The summed E-state index contributed by atoms with van der Waals surface area (Å²) in [7, 11) is 0. The van der Waals surface area contributed by atoms with Crippen molar-refractivity contribution in [3.05, 3.63) is 21.9 Å². The van der Waals surface area contributed by atoms with Gasteiger partial charge in [-0.05, 0) is 12.5 Å². The van der Waals surface area contributed by atoms with Crippen molar-refractivity contribution >= 4 is 29.1 Å². The van der Waals surface area contributed by atoms with Gasteiger partial charge in [-0.25, -0.2) is 0 Å². The van der Waals surface area contributed by atoms with Crippen LogP contribution in [0.1, 0.15) is 23.8 Å². The van der Waals surface area contributed by atoms with E-state index in [-0.39, 0.29) is 11.9 Å². The molecule has 6 heteroatoms. The molecule has 1 saturated heterocycles. The molecular weight excluding hydrogens is 261 g/mol. The van der Waals surface area contributed by atoms with E-state index < -0.39 is 0 Å². The smallest absolute Gasteiger partial charge is 0.270 e. The predicted molar refractivity (Wildman–Crippen MR) is 68.8 cm³/mol. The Morgan fingerprint density at radius 1 is 1.53 bits per heavy atom. The summed E-state index contributed by atoms with van der Waals surface area (Å²) < 4.78 is 0. The highest BCUT2D eigenvalue weighted by Gasteiger charge is 2.29. The van der Waals surface area contributed by atoms with E-state index in [9.17, 15) is 4.79 Å². The highest BCUT2D eigenvalue weighted by molar-refractivity contribution is 6.41. The summed E-state index contributed by atoms with van der Waals surface area (Å²) in [6.45, 7) is 4.52. The third kappa shape index (κ3) is 2.59. The molecule has 0 radical (unpaired) electrons. The van der Waals surface area contributed by atoms with E-state index in [1.807, 2.05) is 4.90 Å². The van der Waals surface area contributed by atoms with Crippen LogP contribution >= 0.6 is 23.2 Å². The van der Waals surface area contributed by atoms with E-state index in [0.717, 1.165) is 26.1 Å². The average molecular weight is 276 g/mol. The number of halogens is 2. The summed E-state index contributed by atoms with van der Waals surface area (Å²) >= 11 is 11.6. The lowest BCUT2D eigenvalue weighted by atomic mass is 10.1. The Hall–Kier alpha value is -0.710. The normalized spacial score (nSPS) is 15.7. The molecule has 4 nitrogen and oxygen atoms in total. The molecule has 1 aliphatic heterocycles. The third-order valence-electron chi connectivity index (χ3n) is 2.88. The fourth-order valence-corrected chi connectivity index (χ4v) is 2.17. The maximum Gasteiger partial charge on any atom is 0.270 e. The first-order chi connectivity index (χ1) is 8.13. The first-order valence-corrected chi connectivity index (χ1v) is 6.44. The number of H-pyrrole nitrogens is 1. The maximum atomic E-state index is 12.3. The topological polar surface area (TPSA) is 48.1 Å². The molecule has 0 bridgehead atoms. The van der Waals surface area contributed by atoms with Crippen molar-refractivity contribution in [1.82, 2.24) is 15.2 Å². The first kappa shape index (κ1) is 12.7. The quantitative estimate of drug-likeness (QED) is 0.885. The third-order valence-corrected chi connectivity index (χ3v) is 3.57. The molecule has 17 heavy (non-hydrogen) atoms. The number of nitrogens with zero attached hydrogens (tertiary/aromatic N) is 1. The molecule has 1 aromatic rings. The van der Waals surface area contributed by atoms with Gasteiger partial charge in [0.15, 0.2) is 0 Å². The average Bonchev–Trinajstić information content (AvgIpc) is 2.55. The van der Waals surface area contributed by atoms with Gasteiger partial charge in [-0.1, -0.05) is 30.1 Å². The number of aromatic amines is 1. The fourth-order valence-electron chi connectivity index (χ4n) is 1.86. The lowest BCUT2D eigenvalue weighted by molar-refractivity contribution is 0.0610. The summed E-state index contributed by atoms with van der Waals surface area (Å²) in [6.07, 6.45) is 0.935. The van der Waals surface area contributed by atoms with Crippen LogP contribution < -0.4 is 5.32 Å². The summed E-state index contributed by atoms with van der Waals surface area (Å²) in [5.41, 5.74) is 0.459. The zero-order valence-electron chi connectivity index (χ0n) is 9.59. The molecule has 1 amide bonds. The number of rotatable bonds is 4. The van der Waals surface area contributed by atoms with E-state index in [2.05, 4.69) is 17.2 Å². The van der Waals surface area contributed by atoms with Crippen molar-refractivity contribution in [3.63, 3.8) is 0 Å². The summed E-state index contributed by atoms with van der Waals surface area (Å²) in [5.74, 6) is -0.0350. The van der Waals surface area contributed by atoms with Crippen molar-refractivity contribution in [2.24, 2.45) is 0 Å². The van der Waals surface area contributed by atoms with Crippen LogP contribution in [-0.4, -0.2) is 41.5 Å². The molecule has 1 fully saturated rings. The van der Waals surface area contributed by atoms with Crippen LogP contribution in [0.25, 0.3) is 0 Å². The summed E-state index contributed by atoms with van der Waals surface area (Å²) in [6, 6.07) is 1.87. The van der Waals surface area contributed by atoms with Gasteiger partial charge in [-0.3, -0.25) is 4.79 Å².